The molecule has 9 heteroatoms. The minimum absolute atomic E-state index is 0.0284. The van der Waals surface area contributed by atoms with Crippen molar-refractivity contribution >= 4 is 22.6 Å². The number of carbonyl (C=O) groups excluding carboxylic acids is 1. The number of benzene rings is 3. The van der Waals surface area contributed by atoms with Crippen molar-refractivity contribution in [1.29, 1.82) is 0 Å². The zero-order valence-corrected chi connectivity index (χ0v) is 16.9. The minimum atomic E-state index is -4.49. The van der Waals surface area contributed by atoms with Crippen LogP contribution in [0.2, 0.25) is 0 Å². The van der Waals surface area contributed by atoms with E-state index < -0.39 is 24.3 Å². The summed E-state index contributed by atoms with van der Waals surface area (Å²) >= 11 is 0. The second-order valence-electron chi connectivity index (χ2n) is 6.88. The van der Waals surface area contributed by atoms with Gasteiger partial charge in [-0.3, -0.25) is 4.79 Å². The van der Waals surface area contributed by atoms with Gasteiger partial charge in [0.25, 0.3) is 5.91 Å². The standard InChI is InChI=1S/C23H18F3N3O3/c1-31-20-11-14(22-28-17-7-2-3-8-18(17)29-22)9-10-19(20)32-13-21(30)27-16-6-4-5-15(12-16)23(24,25)26/h2-12H,13H2,1H3,(H,27,30)(H,28,29). The van der Waals surface area contributed by atoms with Gasteiger partial charge in [-0.1, -0.05) is 18.2 Å². The summed E-state index contributed by atoms with van der Waals surface area (Å²) < 4.78 is 49.3. The van der Waals surface area contributed by atoms with Gasteiger partial charge in [0.1, 0.15) is 5.82 Å². The number of halogens is 3. The van der Waals surface area contributed by atoms with Gasteiger partial charge in [-0.2, -0.15) is 13.2 Å². The van der Waals surface area contributed by atoms with E-state index in [1.54, 1.807) is 18.2 Å². The second kappa shape index (κ2) is 8.62. The zero-order chi connectivity index (χ0) is 22.7. The number of aromatic nitrogens is 2. The Labute approximate surface area is 181 Å². The summed E-state index contributed by atoms with van der Waals surface area (Å²) in [6.45, 7) is -0.406. The van der Waals surface area contributed by atoms with E-state index in [4.69, 9.17) is 9.47 Å². The Kier molecular flexibility index (Phi) is 5.72. The van der Waals surface area contributed by atoms with Gasteiger partial charge >= 0.3 is 6.18 Å². The molecule has 6 nitrogen and oxygen atoms in total. The van der Waals surface area contributed by atoms with E-state index in [-0.39, 0.29) is 5.69 Å². The number of alkyl halides is 3. The van der Waals surface area contributed by atoms with Crippen LogP contribution in [0.1, 0.15) is 5.56 Å². The van der Waals surface area contributed by atoms with Gasteiger partial charge in [-0.05, 0) is 48.5 Å². The van der Waals surface area contributed by atoms with Crippen molar-refractivity contribution in [2.24, 2.45) is 0 Å². The quantitative estimate of drug-likeness (QED) is 0.427. The topological polar surface area (TPSA) is 76.2 Å². The van der Waals surface area contributed by atoms with Gasteiger partial charge in [0.15, 0.2) is 18.1 Å². The largest absolute Gasteiger partial charge is 0.493 e. The van der Waals surface area contributed by atoms with E-state index >= 15 is 0 Å². The number of imidazole rings is 1. The van der Waals surface area contributed by atoms with Crippen LogP contribution in [0, 0.1) is 0 Å². The predicted octanol–water partition coefficient (Wildman–Crippen LogP) is 5.27. The lowest BCUT2D eigenvalue weighted by atomic mass is 10.2. The third-order valence-electron chi connectivity index (χ3n) is 4.66. The molecule has 1 heterocycles. The summed E-state index contributed by atoms with van der Waals surface area (Å²) in [5, 5.41) is 2.39. The van der Waals surface area contributed by atoms with Crippen LogP contribution < -0.4 is 14.8 Å². The monoisotopic (exact) mass is 441 g/mol. The summed E-state index contributed by atoms with van der Waals surface area (Å²) in [4.78, 5) is 19.9. The Morgan fingerprint density at radius 1 is 1.03 bits per heavy atom. The second-order valence-corrected chi connectivity index (χ2v) is 6.88. The summed E-state index contributed by atoms with van der Waals surface area (Å²) in [7, 11) is 1.47. The molecular weight excluding hydrogens is 423 g/mol. The molecule has 0 unspecified atom stereocenters. The average Bonchev–Trinajstić information content (AvgIpc) is 3.21. The maximum absolute atomic E-state index is 12.8. The van der Waals surface area contributed by atoms with Crippen molar-refractivity contribution in [3.63, 3.8) is 0 Å². The third-order valence-corrected chi connectivity index (χ3v) is 4.66. The number of aromatic amines is 1. The number of fused-ring (bicyclic) bond motifs is 1. The normalized spacial score (nSPS) is 11.4. The molecular formula is C23H18F3N3O3. The van der Waals surface area contributed by atoms with Crippen LogP contribution in [0.4, 0.5) is 18.9 Å². The third kappa shape index (κ3) is 4.66. The summed E-state index contributed by atoms with van der Waals surface area (Å²) in [6, 6.07) is 17.1. The van der Waals surface area contributed by atoms with Crippen LogP contribution in [0.5, 0.6) is 11.5 Å². The lowest BCUT2D eigenvalue weighted by Gasteiger charge is -2.13. The Bertz CT molecular complexity index is 1240. The zero-order valence-electron chi connectivity index (χ0n) is 16.9. The number of carbonyl (C=O) groups is 1. The predicted molar refractivity (Wildman–Crippen MR) is 114 cm³/mol. The highest BCUT2D eigenvalue weighted by atomic mass is 19.4. The summed E-state index contributed by atoms with van der Waals surface area (Å²) in [5.74, 6) is 0.743. The van der Waals surface area contributed by atoms with Crippen molar-refractivity contribution in [3.8, 4) is 22.9 Å². The first-order valence-electron chi connectivity index (χ1n) is 9.56. The van der Waals surface area contributed by atoms with Crippen LogP contribution >= 0.6 is 0 Å². The van der Waals surface area contributed by atoms with E-state index in [1.165, 1.54) is 19.2 Å². The number of methoxy groups -OCH3 is 1. The number of nitrogens with zero attached hydrogens (tertiary/aromatic N) is 1. The van der Waals surface area contributed by atoms with Gasteiger partial charge in [0.2, 0.25) is 0 Å². The number of H-pyrrole nitrogens is 1. The first-order chi connectivity index (χ1) is 15.3. The number of hydrogen-bond donors (Lipinski definition) is 2. The molecule has 1 aromatic heterocycles. The number of hydrogen-bond acceptors (Lipinski definition) is 4. The highest BCUT2D eigenvalue weighted by molar-refractivity contribution is 5.92. The van der Waals surface area contributed by atoms with Crippen LogP contribution in [0.25, 0.3) is 22.4 Å². The molecule has 0 saturated heterocycles. The van der Waals surface area contributed by atoms with Gasteiger partial charge in [0, 0.05) is 11.3 Å². The van der Waals surface area contributed by atoms with Crippen LogP contribution in [0.3, 0.4) is 0 Å². The fourth-order valence-electron chi connectivity index (χ4n) is 3.14. The molecule has 0 aliphatic rings. The molecule has 0 fully saturated rings. The van der Waals surface area contributed by atoms with Crippen LogP contribution in [-0.2, 0) is 11.0 Å². The molecule has 3 aromatic carbocycles. The SMILES string of the molecule is COc1cc(-c2nc3ccccc3[nH]2)ccc1OCC(=O)Nc1cccc(C(F)(F)F)c1. The van der Waals surface area contributed by atoms with E-state index in [9.17, 15) is 18.0 Å². The molecule has 0 spiro atoms. The lowest BCUT2D eigenvalue weighted by Crippen LogP contribution is -2.20. The summed E-state index contributed by atoms with van der Waals surface area (Å²) in [5.41, 5.74) is 1.67. The highest BCUT2D eigenvalue weighted by Gasteiger charge is 2.30. The number of amides is 1. The Morgan fingerprint density at radius 2 is 1.84 bits per heavy atom. The van der Waals surface area contributed by atoms with Crippen molar-refractivity contribution in [2.45, 2.75) is 6.18 Å². The molecule has 0 atom stereocenters. The van der Waals surface area contributed by atoms with Crippen molar-refractivity contribution < 1.29 is 27.4 Å². The smallest absolute Gasteiger partial charge is 0.416 e. The highest BCUT2D eigenvalue weighted by Crippen LogP contribution is 2.33. The van der Waals surface area contributed by atoms with E-state index in [0.29, 0.717) is 17.3 Å². The number of ether oxygens (including phenoxy) is 2. The maximum Gasteiger partial charge on any atom is 0.416 e. The number of anilines is 1. The lowest BCUT2D eigenvalue weighted by molar-refractivity contribution is -0.137. The molecule has 32 heavy (non-hydrogen) atoms. The van der Waals surface area contributed by atoms with Gasteiger partial charge < -0.3 is 19.8 Å². The fourth-order valence-corrected chi connectivity index (χ4v) is 3.14. The first kappa shape index (κ1) is 21.2. The number of rotatable bonds is 6. The molecule has 0 saturated carbocycles. The van der Waals surface area contributed by atoms with Gasteiger partial charge in [0.05, 0.1) is 23.7 Å². The average molecular weight is 441 g/mol. The van der Waals surface area contributed by atoms with E-state index in [1.807, 2.05) is 24.3 Å². The van der Waals surface area contributed by atoms with Crippen molar-refractivity contribution in [3.05, 3.63) is 72.3 Å². The molecule has 0 aliphatic carbocycles. The Morgan fingerprint density at radius 3 is 2.59 bits per heavy atom. The molecule has 0 aliphatic heterocycles. The Hall–Kier alpha value is -4.01. The molecule has 164 valence electrons. The van der Waals surface area contributed by atoms with Crippen LogP contribution in [0.15, 0.2) is 66.7 Å². The van der Waals surface area contributed by atoms with Crippen LogP contribution in [-0.4, -0.2) is 29.6 Å². The van der Waals surface area contributed by atoms with Gasteiger partial charge in [-0.25, -0.2) is 4.98 Å². The van der Waals surface area contributed by atoms with Gasteiger partial charge in [-0.15, -0.1) is 0 Å². The van der Waals surface area contributed by atoms with Crippen molar-refractivity contribution in [1.82, 2.24) is 9.97 Å². The molecule has 0 bridgehead atoms. The van der Waals surface area contributed by atoms with E-state index in [2.05, 4.69) is 15.3 Å². The minimum Gasteiger partial charge on any atom is -0.493 e. The first-order valence-corrected chi connectivity index (χ1v) is 9.56. The number of nitrogens with one attached hydrogen (secondary N) is 2. The number of para-hydroxylation sites is 2. The summed E-state index contributed by atoms with van der Waals surface area (Å²) in [6.07, 6.45) is -4.49. The molecule has 0 radical (unpaired) electrons. The van der Waals surface area contributed by atoms with Crippen molar-refractivity contribution in [2.75, 3.05) is 19.0 Å². The molecule has 1 amide bonds. The molecule has 4 rings (SSSR count). The molecule has 2 N–H and O–H groups in total. The fraction of sp³-hybridized carbons (Fsp3) is 0.130. The molecule has 4 aromatic rings. The maximum atomic E-state index is 12.8. The Balaban J connectivity index is 1.44. The van der Waals surface area contributed by atoms with E-state index in [0.717, 1.165) is 28.7 Å².